The van der Waals surface area contributed by atoms with Gasteiger partial charge in [0, 0.05) is 35.7 Å². The van der Waals surface area contributed by atoms with Crippen molar-refractivity contribution in [3.05, 3.63) is 75.9 Å². The Balaban J connectivity index is 1.68. The Morgan fingerprint density at radius 3 is 2.44 bits per heavy atom. The molecule has 0 saturated carbocycles. The van der Waals surface area contributed by atoms with E-state index < -0.39 is 5.60 Å². The first-order chi connectivity index (χ1) is 15.2. The van der Waals surface area contributed by atoms with Crippen LogP contribution in [0.25, 0.3) is 11.3 Å². The van der Waals surface area contributed by atoms with Crippen molar-refractivity contribution < 1.29 is 9.53 Å². The Labute approximate surface area is 194 Å². The van der Waals surface area contributed by atoms with Gasteiger partial charge in [0.05, 0.1) is 17.9 Å². The summed E-state index contributed by atoms with van der Waals surface area (Å²) in [4.78, 5) is 14.4. The highest BCUT2D eigenvalue weighted by Crippen LogP contribution is 2.31. The van der Waals surface area contributed by atoms with Gasteiger partial charge in [0.1, 0.15) is 5.60 Å². The fourth-order valence-electron chi connectivity index (χ4n) is 4.11. The SMILES string of the molecule is Cc1ccccc1Cn1nc2c(c1-c1ccc(Cl)cc1)CCN(C(=O)OC(C)(C)C)CC2. The summed E-state index contributed by atoms with van der Waals surface area (Å²) in [5.41, 5.74) is 6.43. The maximum atomic E-state index is 12.6. The summed E-state index contributed by atoms with van der Waals surface area (Å²) in [7, 11) is 0. The van der Waals surface area contributed by atoms with Gasteiger partial charge in [0.15, 0.2) is 0 Å². The number of aryl methyl sites for hydroxylation is 1. The van der Waals surface area contributed by atoms with Gasteiger partial charge in [-0.25, -0.2) is 4.79 Å². The van der Waals surface area contributed by atoms with Gasteiger partial charge in [-0.1, -0.05) is 48.0 Å². The summed E-state index contributed by atoms with van der Waals surface area (Å²) in [5, 5.41) is 5.73. The molecule has 0 aliphatic carbocycles. The average molecular weight is 452 g/mol. The zero-order valence-corrected chi connectivity index (χ0v) is 19.9. The number of carbonyl (C=O) groups is 1. The van der Waals surface area contributed by atoms with Crippen LogP contribution in [0.15, 0.2) is 48.5 Å². The lowest BCUT2D eigenvalue weighted by atomic mass is 10.0. The lowest BCUT2D eigenvalue weighted by Gasteiger charge is -2.26. The third-order valence-electron chi connectivity index (χ3n) is 5.73. The summed E-state index contributed by atoms with van der Waals surface area (Å²) in [5.74, 6) is 0. The quantitative estimate of drug-likeness (QED) is 0.498. The molecule has 6 heteroatoms. The monoisotopic (exact) mass is 451 g/mol. The number of rotatable bonds is 3. The van der Waals surface area contributed by atoms with Crippen LogP contribution < -0.4 is 0 Å². The molecule has 32 heavy (non-hydrogen) atoms. The van der Waals surface area contributed by atoms with E-state index in [1.807, 2.05) is 45.0 Å². The molecule has 4 rings (SSSR count). The number of hydrogen-bond acceptors (Lipinski definition) is 3. The molecular formula is C26H30ClN3O2. The van der Waals surface area contributed by atoms with Crippen LogP contribution in [0.1, 0.15) is 43.2 Å². The molecule has 5 nitrogen and oxygen atoms in total. The Morgan fingerprint density at radius 2 is 1.75 bits per heavy atom. The van der Waals surface area contributed by atoms with Crippen molar-refractivity contribution in [2.45, 2.75) is 52.7 Å². The number of ether oxygens (including phenoxy) is 1. The predicted octanol–water partition coefficient (Wildman–Crippen LogP) is 5.90. The largest absolute Gasteiger partial charge is 0.444 e. The van der Waals surface area contributed by atoms with Crippen molar-refractivity contribution in [1.29, 1.82) is 0 Å². The van der Waals surface area contributed by atoms with E-state index in [2.05, 4.69) is 35.9 Å². The first-order valence-corrected chi connectivity index (χ1v) is 11.5. The van der Waals surface area contributed by atoms with E-state index in [-0.39, 0.29) is 6.09 Å². The van der Waals surface area contributed by atoms with E-state index in [0.29, 0.717) is 31.1 Å². The number of aromatic nitrogens is 2. The molecule has 1 amide bonds. The van der Waals surface area contributed by atoms with E-state index in [4.69, 9.17) is 21.4 Å². The zero-order valence-electron chi connectivity index (χ0n) is 19.2. The number of hydrogen-bond donors (Lipinski definition) is 0. The minimum absolute atomic E-state index is 0.261. The van der Waals surface area contributed by atoms with E-state index in [1.165, 1.54) is 16.7 Å². The molecule has 0 radical (unpaired) electrons. The van der Waals surface area contributed by atoms with Crippen molar-refractivity contribution in [3.8, 4) is 11.3 Å². The molecule has 0 saturated heterocycles. The number of benzene rings is 2. The molecule has 3 aromatic rings. The lowest BCUT2D eigenvalue weighted by Crippen LogP contribution is -2.38. The smallest absolute Gasteiger partial charge is 0.410 e. The van der Waals surface area contributed by atoms with Crippen LogP contribution in [-0.4, -0.2) is 39.5 Å². The number of amides is 1. The van der Waals surface area contributed by atoms with Crippen molar-refractivity contribution in [2.75, 3.05) is 13.1 Å². The van der Waals surface area contributed by atoms with Gasteiger partial charge in [-0.05, 0) is 57.4 Å². The standard InChI is InChI=1S/C26H30ClN3O2/c1-18-7-5-6-8-20(18)17-30-24(19-9-11-21(27)12-10-19)22-13-15-29(16-14-23(22)28-30)25(31)32-26(2,3)4/h5-12H,13-17H2,1-4H3. The van der Waals surface area contributed by atoms with Gasteiger partial charge in [-0.15, -0.1) is 0 Å². The fourth-order valence-corrected chi connectivity index (χ4v) is 4.24. The van der Waals surface area contributed by atoms with Crippen molar-refractivity contribution in [1.82, 2.24) is 14.7 Å². The average Bonchev–Trinajstić information content (AvgIpc) is 2.92. The molecule has 0 spiro atoms. The second-order valence-corrected chi connectivity index (χ2v) is 9.77. The Morgan fingerprint density at radius 1 is 1.06 bits per heavy atom. The minimum atomic E-state index is -0.505. The molecule has 1 aromatic heterocycles. The van der Waals surface area contributed by atoms with Crippen molar-refractivity contribution >= 4 is 17.7 Å². The Bertz CT molecular complexity index is 1110. The van der Waals surface area contributed by atoms with Crippen molar-refractivity contribution in [2.24, 2.45) is 0 Å². The lowest BCUT2D eigenvalue weighted by molar-refractivity contribution is 0.0258. The molecule has 1 aliphatic heterocycles. The molecule has 1 aliphatic rings. The molecule has 0 atom stereocenters. The number of nitrogens with zero attached hydrogens (tertiary/aromatic N) is 3. The van der Waals surface area contributed by atoms with Gasteiger partial charge < -0.3 is 9.64 Å². The molecule has 0 bridgehead atoms. The minimum Gasteiger partial charge on any atom is -0.444 e. The third-order valence-corrected chi connectivity index (χ3v) is 5.99. The van der Waals surface area contributed by atoms with E-state index in [1.54, 1.807) is 4.90 Å². The Kier molecular flexibility index (Phi) is 6.29. The van der Waals surface area contributed by atoms with Crippen LogP contribution in [-0.2, 0) is 24.1 Å². The topological polar surface area (TPSA) is 47.4 Å². The highest BCUT2D eigenvalue weighted by atomic mass is 35.5. The van der Waals surface area contributed by atoms with Crippen LogP contribution in [0.3, 0.4) is 0 Å². The van der Waals surface area contributed by atoms with Gasteiger partial charge in [0.25, 0.3) is 0 Å². The van der Waals surface area contributed by atoms with Crippen LogP contribution in [0.4, 0.5) is 4.79 Å². The molecule has 168 valence electrons. The predicted molar refractivity (Wildman–Crippen MR) is 128 cm³/mol. The highest BCUT2D eigenvalue weighted by molar-refractivity contribution is 6.30. The molecule has 2 aromatic carbocycles. The second kappa shape index (κ2) is 8.99. The first-order valence-electron chi connectivity index (χ1n) is 11.1. The summed E-state index contributed by atoms with van der Waals surface area (Å²) < 4.78 is 7.71. The van der Waals surface area contributed by atoms with Gasteiger partial charge in [-0.2, -0.15) is 5.10 Å². The zero-order chi connectivity index (χ0) is 22.9. The van der Waals surface area contributed by atoms with E-state index in [9.17, 15) is 4.79 Å². The molecule has 0 unspecified atom stereocenters. The number of halogens is 1. The Hall–Kier alpha value is -2.79. The molecular weight excluding hydrogens is 422 g/mol. The third kappa shape index (κ3) is 4.99. The van der Waals surface area contributed by atoms with Crippen LogP contribution >= 0.6 is 11.6 Å². The number of carbonyl (C=O) groups excluding carboxylic acids is 1. The van der Waals surface area contributed by atoms with Gasteiger partial charge in [0.2, 0.25) is 0 Å². The van der Waals surface area contributed by atoms with Crippen LogP contribution in [0.5, 0.6) is 0 Å². The van der Waals surface area contributed by atoms with E-state index >= 15 is 0 Å². The normalized spacial score (nSPS) is 14.1. The molecule has 2 heterocycles. The molecule has 0 fully saturated rings. The summed E-state index contributed by atoms with van der Waals surface area (Å²) in [6.07, 6.45) is 1.18. The van der Waals surface area contributed by atoms with E-state index in [0.717, 1.165) is 23.4 Å². The van der Waals surface area contributed by atoms with Crippen LogP contribution in [0, 0.1) is 6.92 Å². The first kappa shape index (κ1) is 22.4. The highest BCUT2D eigenvalue weighted by Gasteiger charge is 2.28. The fraction of sp³-hybridized carbons (Fsp3) is 0.385. The number of fused-ring (bicyclic) bond motifs is 1. The van der Waals surface area contributed by atoms with Crippen molar-refractivity contribution in [3.63, 3.8) is 0 Å². The summed E-state index contributed by atoms with van der Waals surface area (Å²) in [6, 6.07) is 16.3. The molecule has 0 N–H and O–H groups in total. The van der Waals surface area contributed by atoms with Gasteiger partial charge >= 0.3 is 6.09 Å². The maximum Gasteiger partial charge on any atom is 0.410 e. The summed E-state index contributed by atoms with van der Waals surface area (Å²) >= 11 is 6.16. The van der Waals surface area contributed by atoms with Crippen LogP contribution in [0.2, 0.25) is 5.02 Å². The second-order valence-electron chi connectivity index (χ2n) is 9.33. The maximum absolute atomic E-state index is 12.6. The summed E-state index contributed by atoms with van der Waals surface area (Å²) in [6.45, 7) is 9.73. The van der Waals surface area contributed by atoms with Gasteiger partial charge in [-0.3, -0.25) is 4.68 Å².